The van der Waals surface area contributed by atoms with Gasteiger partial charge in [0, 0.05) is 60.6 Å². The fraction of sp³-hybridized carbons (Fsp3) is 0.148. The highest BCUT2D eigenvalue weighted by Crippen LogP contribution is 2.21. The maximum Gasteiger partial charge on any atom is 0.270 e. The number of nitrogens with zero attached hydrogens (tertiary/aromatic N) is 3. The number of fused-ring (bicyclic) bond motifs is 1. The lowest BCUT2D eigenvalue weighted by atomic mass is 10.1. The number of hydrogen-bond acceptors (Lipinski definition) is 4. The summed E-state index contributed by atoms with van der Waals surface area (Å²) in [6.07, 6.45) is 5.38. The van der Waals surface area contributed by atoms with Crippen LogP contribution in [-0.2, 0) is 4.79 Å². The molecule has 4 aromatic rings. The zero-order valence-corrected chi connectivity index (χ0v) is 18.6. The molecular weight excluding hydrogens is 426 g/mol. The van der Waals surface area contributed by atoms with Crippen LogP contribution in [0, 0.1) is 0 Å². The Morgan fingerprint density at radius 1 is 0.882 bits per heavy atom. The molecule has 0 bridgehead atoms. The number of nitrogens with one attached hydrogen (secondary N) is 2. The van der Waals surface area contributed by atoms with Crippen LogP contribution in [0.2, 0.25) is 0 Å². The Hall–Kier alpha value is -4.39. The number of hydrogen-bond donors (Lipinski definition) is 2. The summed E-state index contributed by atoms with van der Waals surface area (Å²) in [7, 11) is 0. The van der Waals surface area contributed by atoms with Crippen LogP contribution in [0.5, 0.6) is 0 Å². The minimum Gasteiger partial charge on any atom is -0.361 e. The number of pyridine rings is 1. The van der Waals surface area contributed by atoms with Crippen molar-refractivity contribution in [3.05, 3.63) is 102 Å². The van der Waals surface area contributed by atoms with E-state index < -0.39 is 0 Å². The standard InChI is InChI=1S/C27H25N5O2/c33-26(20-8-2-1-3-9-20)30-24(18-21-19-29-23-11-5-4-10-22(21)23)27(34)32-16-14-31(15-17-32)25-12-6-7-13-28-25/h1-13,18-19,29H,14-17H2,(H,30,33). The first kappa shape index (κ1) is 21.5. The van der Waals surface area contributed by atoms with Gasteiger partial charge < -0.3 is 20.1 Å². The van der Waals surface area contributed by atoms with Crippen molar-refractivity contribution in [1.82, 2.24) is 20.2 Å². The van der Waals surface area contributed by atoms with Gasteiger partial charge in [-0.25, -0.2) is 4.98 Å². The number of carbonyl (C=O) groups is 2. The van der Waals surface area contributed by atoms with Crippen molar-refractivity contribution >= 4 is 34.6 Å². The monoisotopic (exact) mass is 451 g/mol. The van der Waals surface area contributed by atoms with E-state index in [-0.39, 0.29) is 17.5 Å². The van der Waals surface area contributed by atoms with Crippen molar-refractivity contribution < 1.29 is 9.59 Å². The Morgan fingerprint density at radius 3 is 2.38 bits per heavy atom. The van der Waals surface area contributed by atoms with E-state index in [1.807, 2.05) is 54.7 Å². The topological polar surface area (TPSA) is 81.3 Å². The second-order valence-corrected chi connectivity index (χ2v) is 8.13. The summed E-state index contributed by atoms with van der Waals surface area (Å²) in [5.74, 6) is 0.393. The molecule has 1 aliphatic rings. The number of piperazine rings is 1. The molecule has 170 valence electrons. The molecule has 2 amide bonds. The molecular formula is C27H25N5O2. The smallest absolute Gasteiger partial charge is 0.270 e. The van der Waals surface area contributed by atoms with Gasteiger partial charge in [0.05, 0.1) is 0 Å². The Kier molecular flexibility index (Phi) is 6.07. The van der Waals surface area contributed by atoms with Crippen LogP contribution >= 0.6 is 0 Å². The number of para-hydroxylation sites is 1. The molecule has 5 rings (SSSR count). The second-order valence-electron chi connectivity index (χ2n) is 8.13. The normalized spacial score (nSPS) is 14.3. The molecule has 0 aliphatic carbocycles. The van der Waals surface area contributed by atoms with Crippen molar-refractivity contribution in [2.75, 3.05) is 31.1 Å². The van der Waals surface area contributed by atoms with E-state index in [1.165, 1.54) is 0 Å². The Balaban J connectivity index is 1.40. The molecule has 34 heavy (non-hydrogen) atoms. The molecule has 0 radical (unpaired) electrons. The summed E-state index contributed by atoms with van der Waals surface area (Å²) < 4.78 is 0. The summed E-state index contributed by atoms with van der Waals surface area (Å²) in [5, 5.41) is 3.86. The third kappa shape index (κ3) is 4.54. The van der Waals surface area contributed by atoms with Crippen LogP contribution in [0.3, 0.4) is 0 Å². The largest absolute Gasteiger partial charge is 0.361 e. The lowest BCUT2D eigenvalue weighted by molar-refractivity contribution is -0.127. The highest BCUT2D eigenvalue weighted by atomic mass is 16.2. The first-order chi connectivity index (χ1) is 16.7. The average molecular weight is 452 g/mol. The minimum atomic E-state index is -0.313. The first-order valence-electron chi connectivity index (χ1n) is 11.3. The van der Waals surface area contributed by atoms with E-state index in [0.29, 0.717) is 31.7 Å². The number of carbonyl (C=O) groups excluding carboxylic acids is 2. The molecule has 2 N–H and O–H groups in total. The molecule has 2 aromatic heterocycles. The van der Waals surface area contributed by atoms with Gasteiger partial charge in [-0.15, -0.1) is 0 Å². The molecule has 1 saturated heterocycles. The van der Waals surface area contributed by atoms with Crippen LogP contribution in [0.4, 0.5) is 5.82 Å². The van der Waals surface area contributed by atoms with E-state index >= 15 is 0 Å². The first-order valence-corrected chi connectivity index (χ1v) is 11.3. The van der Waals surface area contributed by atoms with E-state index in [2.05, 4.69) is 20.2 Å². The predicted molar refractivity (Wildman–Crippen MR) is 133 cm³/mol. The van der Waals surface area contributed by atoms with Crippen molar-refractivity contribution in [2.45, 2.75) is 0 Å². The summed E-state index contributed by atoms with van der Waals surface area (Å²) >= 11 is 0. The highest BCUT2D eigenvalue weighted by Gasteiger charge is 2.25. The van der Waals surface area contributed by atoms with E-state index in [4.69, 9.17) is 0 Å². The summed E-state index contributed by atoms with van der Waals surface area (Å²) in [6.45, 7) is 2.44. The molecule has 7 heteroatoms. The minimum absolute atomic E-state index is 0.199. The fourth-order valence-electron chi connectivity index (χ4n) is 4.15. The Labute approximate surface area is 197 Å². The van der Waals surface area contributed by atoms with Gasteiger partial charge in [-0.05, 0) is 36.4 Å². The Bertz CT molecular complexity index is 1320. The molecule has 3 heterocycles. The molecule has 2 aromatic carbocycles. The third-order valence-electron chi connectivity index (χ3n) is 5.98. The molecule has 0 unspecified atom stereocenters. The van der Waals surface area contributed by atoms with E-state index in [0.717, 1.165) is 22.3 Å². The fourth-order valence-corrected chi connectivity index (χ4v) is 4.15. The number of benzene rings is 2. The second kappa shape index (κ2) is 9.62. The van der Waals surface area contributed by atoms with Gasteiger partial charge in [-0.2, -0.15) is 0 Å². The molecule has 0 saturated carbocycles. The van der Waals surface area contributed by atoms with Crippen LogP contribution in [0.25, 0.3) is 17.0 Å². The number of amides is 2. The number of H-pyrrole nitrogens is 1. The Morgan fingerprint density at radius 2 is 1.62 bits per heavy atom. The number of aromatic nitrogens is 2. The van der Waals surface area contributed by atoms with E-state index in [9.17, 15) is 9.59 Å². The van der Waals surface area contributed by atoms with Gasteiger partial charge in [-0.3, -0.25) is 9.59 Å². The molecule has 1 fully saturated rings. The number of anilines is 1. The van der Waals surface area contributed by atoms with Crippen molar-refractivity contribution in [1.29, 1.82) is 0 Å². The van der Waals surface area contributed by atoms with Crippen LogP contribution in [0.15, 0.2) is 90.9 Å². The van der Waals surface area contributed by atoms with Crippen LogP contribution in [-0.4, -0.2) is 52.9 Å². The zero-order valence-electron chi connectivity index (χ0n) is 18.6. The van der Waals surface area contributed by atoms with Crippen molar-refractivity contribution in [3.63, 3.8) is 0 Å². The lowest BCUT2D eigenvalue weighted by Crippen LogP contribution is -2.50. The maximum atomic E-state index is 13.6. The van der Waals surface area contributed by atoms with Gasteiger partial charge in [0.1, 0.15) is 11.5 Å². The number of aromatic amines is 1. The SMILES string of the molecule is O=C(NC(=Cc1c[nH]c2ccccc12)C(=O)N1CCN(c2ccccn2)CC1)c1ccccc1. The van der Waals surface area contributed by atoms with Crippen molar-refractivity contribution in [3.8, 4) is 0 Å². The van der Waals surface area contributed by atoms with Crippen LogP contribution < -0.4 is 10.2 Å². The van der Waals surface area contributed by atoms with Gasteiger partial charge in [-0.1, -0.05) is 42.5 Å². The third-order valence-corrected chi connectivity index (χ3v) is 5.98. The summed E-state index contributed by atoms with van der Waals surface area (Å²) in [4.78, 5) is 38.1. The average Bonchev–Trinajstić information content (AvgIpc) is 3.32. The quantitative estimate of drug-likeness (QED) is 0.454. The zero-order chi connectivity index (χ0) is 23.3. The molecule has 0 atom stereocenters. The van der Waals surface area contributed by atoms with Gasteiger partial charge in [0.15, 0.2) is 0 Å². The molecule has 1 aliphatic heterocycles. The summed E-state index contributed by atoms with van der Waals surface area (Å²) in [6, 6.07) is 22.6. The predicted octanol–water partition coefficient (Wildman–Crippen LogP) is 3.68. The summed E-state index contributed by atoms with van der Waals surface area (Å²) in [5.41, 5.74) is 2.57. The number of rotatable bonds is 5. The van der Waals surface area contributed by atoms with E-state index in [1.54, 1.807) is 41.4 Å². The van der Waals surface area contributed by atoms with Gasteiger partial charge >= 0.3 is 0 Å². The van der Waals surface area contributed by atoms with Gasteiger partial charge in [0.2, 0.25) is 0 Å². The van der Waals surface area contributed by atoms with Gasteiger partial charge in [0.25, 0.3) is 11.8 Å². The lowest BCUT2D eigenvalue weighted by Gasteiger charge is -2.35. The maximum absolute atomic E-state index is 13.6. The van der Waals surface area contributed by atoms with Crippen LogP contribution in [0.1, 0.15) is 15.9 Å². The van der Waals surface area contributed by atoms with Crippen molar-refractivity contribution in [2.24, 2.45) is 0 Å². The highest BCUT2D eigenvalue weighted by molar-refractivity contribution is 6.06. The molecule has 0 spiro atoms. The molecule has 7 nitrogen and oxygen atoms in total.